The largest absolute Gasteiger partial charge is 0.507 e. The van der Waals surface area contributed by atoms with Crippen molar-refractivity contribution in [2.24, 2.45) is 0 Å². The normalized spacial score (nSPS) is 12.7. The minimum absolute atomic E-state index is 0.0746. The summed E-state index contributed by atoms with van der Waals surface area (Å²) in [5.41, 5.74) is 0.615. The summed E-state index contributed by atoms with van der Waals surface area (Å²) >= 11 is 1.53. The zero-order valence-electron chi connectivity index (χ0n) is 23.2. The molecule has 0 bridgehead atoms. The monoisotopic (exact) mass is 545 g/mol. The highest BCUT2D eigenvalue weighted by Gasteiger charge is 2.37. The maximum absolute atomic E-state index is 13.9. The molecule has 0 spiro atoms. The number of phenols is 1. The average molecular weight is 546 g/mol. The highest BCUT2D eigenvalue weighted by Crippen LogP contribution is 2.33. The quantitative estimate of drug-likeness (QED) is 0.368. The molecule has 0 heterocycles. The second-order valence-corrected chi connectivity index (χ2v) is 10.7. The lowest BCUT2D eigenvalue weighted by Crippen LogP contribution is -2.52. The van der Waals surface area contributed by atoms with E-state index >= 15 is 0 Å². The molecule has 208 valence electrons. The number of methoxy groups -OCH3 is 1. The molecule has 2 aromatic rings. The number of hydrogen-bond acceptors (Lipinski definition) is 7. The van der Waals surface area contributed by atoms with Crippen LogP contribution in [-0.4, -0.2) is 65.2 Å². The smallest absolute Gasteiger partial charge is 0.408 e. The molecule has 10 heteroatoms. The molecule has 2 rings (SSSR count). The molecular formula is C28H39N3O6S. The van der Waals surface area contributed by atoms with Crippen molar-refractivity contribution in [1.29, 1.82) is 0 Å². The summed E-state index contributed by atoms with van der Waals surface area (Å²) in [4.78, 5) is 41.6. The number of nitrogens with zero attached hydrogens (tertiary/aromatic N) is 1. The van der Waals surface area contributed by atoms with E-state index in [1.807, 2.05) is 6.26 Å². The fourth-order valence-electron chi connectivity index (χ4n) is 3.85. The van der Waals surface area contributed by atoms with Crippen LogP contribution in [0.3, 0.4) is 0 Å². The number of rotatable bonds is 11. The first-order valence-corrected chi connectivity index (χ1v) is 13.8. The van der Waals surface area contributed by atoms with Gasteiger partial charge in [-0.15, -0.1) is 0 Å². The predicted octanol–water partition coefficient (Wildman–Crippen LogP) is 4.88. The summed E-state index contributed by atoms with van der Waals surface area (Å²) in [5, 5.41) is 16.4. The number of phenolic OH excluding ortho intramolecular Hbond substituents is 1. The number of thioether (sulfide) groups is 1. The number of aryl methyl sites for hydroxylation is 1. The van der Waals surface area contributed by atoms with Crippen molar-refractivity contribution in [3.63, 3.8) is 0 Å². The van der Waals surface area contributed by atoms with E-state index in [4.69, 9.17) is 9.47 Å². The van der Waals surface area contributed by atoms with Crippen LogP contribution >= 0.6 is 11.8 Å². The standard InChI is InChI=1S/C28H39N3O6S/c1-8-31(26(34)22(16-17-38-7)30-27(35)37-28(3,4)5)23(21-11-9-10-18(2)24(21)32)25(33)29-19-12-14-20(36-6)15-13-19/h9-15,22-23,32H,8,16-17H2,1-7H3,(H,29,33)(H,30,35). The van der Waals surface area contributed by atoms with E-state index in [0.717, 1.165) is 0 Å². The van der Waals surface area contributed by atoms with Gasteiger partial charge in [0.1, 0.15) is 29.2 Å². The number of carbonyl (C=O) groups is 3. The van der Waals surface area contributed by atoms with Crippen molar-refractivity contribution in [1.82, 2.24) is 10.2 Å². The molecule has 3 amide bonds. The van der Waals surface area contributed by atoms with Crippen molar-refractivity contribution in [2.45, 2.75) is 58.7 Å². The maximum Gasteiger partial charge on any atom is 0.408 e. The van der Waals surface area contributed by atoms with E-state index in [1.54, 1.807) is 84.2 Å². The summed E-state index contributed by atoms with van der Waals surface area (Å²) in [6, 6.07) is 9.77. The average Bonchev–Trinajstić information content (AvgIpc) is 2.86. The number of alkyl carbamates (subject to hydrolysis) is 1. The van der Waals surface area contributed by atoms with Gasteiger partial charge in [0.05, 0.1) is 7.11 Å². The Morgan fingerprint density at radius 3 is 2.32 bits per heavy atom. The molecule has 2 unspecified atom stereocenters. The third kappa shape index (κ3) is 8.58. The van der Waals surface area contributed by atoms with E-state index in [2.05, 4.69) is 10.6 Å². The Bertz CT molecular complexity index is 1100. The van der Waals surface area contributed by atoms with Crippen LogP contribution in [0.5, 0.6) is 11.5 Å². The molecule has 2 aromatic carbocycles. The first kappa shape index (κ1) is 30.8. The molecule has 3 N–H and O–H groups in total. The van der Waals surface area contributed by atoms with E-state index in [0.29, 0.717) is 29.2 Å². The fraction of sp³-hybridized carbons (Fsp3) is 0.464. The van der Waals surface area contributed by atoms with Crippen molar-refractivity contribution in [3.8, 4) is 11.5 Å². The van der Waals surface area contributed by atoms with Crippen LogP contribution in [0.15, 0.2) is 42.5 Å². The SMILES string of the molecule is CCN(C(=O)C(CCSC)NC(=O)OC(C)(C)C)C(C(=O)Nc1ccc(OC)cc1)c1cccc(C)c1O. The predicted molar refractivity (Wildman–Crippen MR) is 151 cm³/mol. The van der Waals surface area contributed by atoms with E-state index in [9.17, 15) is 19.5 Å². The number of likely N-dealkylation sites (N-methyl/N-ethyl adjacent to an activating group) is 1. The zero-order chi connectivity index (χ0) is 28.5. The van der Waals surface area contributed by atoms with Gasteiger partial charge in [-0.05, 0) is 82.9 Å². The number of amides is 3. The van der Waals surface area contributed by atoms with Crippen molar-refractivity contribution < 1.29 is 29.0 Å². The van der Waals surface area contributed by atoms with Gasteiger partial charge in [-0.25, -0.2) is 4.79 Å². The van der Waals surface area contributed by atoms with Gasteiger partial charge >= 0.3 is 6.09 Å². The number of benzene rings is 2. The molecule has 0 aliphatic carbocycles. The molecule has 0 aromatic heterocycles. The van der Waals surface area contributed by atoms with E-state index in [1.165, 1.54) is 16.7 Å². The van der Waals surface area contributed by atoms with Gasteiger partial charge in [-0.2, -0.15) is 11.8 Å². The zero-order valence-corrected chi connectivity index (χ0v) is 24.0. The third-order valence-electron chi connectivity index (χ3n) is 5.70. The summed E-state index contributed by atoms with van der Waals surface area (Å²) < 4.78 is 10.6. The van der Waals surface area contributed by atoms with Crippen LogP contribution in [0.4, 0.5) is 10.5 Å². The molecule has 0 radical (unpaired) electrons. The number of aromatic hydroxyl groups is 1. The molecule has 0 saturated heterocycles. The van der Waals surface area contributed by atoms with Crippen LogP contribution < -0.4 is 15.4 Å². The first-order valence-electron chi connectivity index (χ1n) is 12.4. The molecule has 0 saturated carbocycles. The molecule has 0 aliphatic heterocycles. The lowest BCUT2D eigenvalue weighted by molar-refractivity contribution is -0.140. The minimum atomic E-state index is -1.16. The van der Waals surface area contributed by atoms with Gasteiger partial charge in [0, 0.05) is 17.8 Å². The lowest BCUT2D eigenvalue weighted by atomic mass is 9.99. The fourth-order valence-corrected chi connectivity index (χ4v) is 4.32. The Morgan fingerprint density at radius 1 is 1.11 bits per heavy atom. The molecule has 2 atom stereocenters. The van der Waals surface area contributed by atoms with Crippen LogP contribution in [0.1, 0.15) is 51.3 Å². The number of anilines is 1. The van der Waals surface area contributed by atoms with Crippen molar-refractivity contribution in [3.05, 3.63) is 53.6 Å². The van der Waals surface area contributed by atoms with Crippen LogP contribution in [0, 0.1) is 6.92 Å². The van der Waals surface area contributed by atoms with Gasteiger partial charge in [0.2, 0.25) is 5.91 Å². The maximum atomic E-state index is 13.9. The van der Waals surface area contributed by atoms with Gasteiger partial charge in [-0.3, -0.25) is 9.59 Å². The summed E-state index contributed by atoms with van der Waals surface area (Å²) in [7, 11) is 1.55. The van der Waals surface area contributed by atoms with Gasteiger partial charge in [0.15, 0.2) is 0 Å². The highest BCUT2D eigenvalue weighted by atomic mass is 32.2. The third-order valence-corrected chi connectivity index (χ3v) is 6.35. The number of para-hydroxylation sites is 1. The Morgan fingerprint density at radius 2 is 1.76 bits per heavy atom. The van der Waals surface area contributed by atoms with Gasteiger partial charge in [-0.1, -0.05) is 18.2 Å². The Balaban J connectivity index is 2.47. The Kier molecular flexibility index (Phi) is 11.3. The molecule has 9 nitrogen and oxygen atoms in total. The van der Waals surface area contributed by atoms with Crippen molar-refractivity contribution in [2.75, 3.05) is 31.0 Å². The molecule has 0 aliphatic rings. The second-order valence-electron chi connectivity index (χ2n) is 9.74. The highest BCUT2D eigenvalue weighted by molar-refractivity contribution is 7.98. The minimum Gasteiger partial charge on any atom is -0.507 e. The first-order chi connectivity index (χ1) is 17.9. The molecule has 0 fully saturated rings. The lowest BCUT2D eigenvalue weighted by Gasteiger charge is -2.34. The van der Waals surface area contributed by atoms with Crippen LogP contribution in [0.2, 0.25) is 0 Å². The van der Waals surface area contributed by atoms with Gasteiger partial charge in [0.25, 0.3) is 5.91 Å². The van der Waals surface area contributed by atoms with Crippen LogP contribution in [0.25, 0.3) is 0 Å². The van der Waals surface area contributed by atoms with Gasteiger partial charge < -0.3 is 30.1 Å². The summed E-state index contributed by atoms with van der Waals surface area (Å²) in [5.74, 6) is 0.193. The Hall–Kier alpha value is -3.40. The summed E-state index contributed by atoms with van der Waals surface area (Å²) in [6.07, 6.45) is 1.52. The number of ether oxygens (including phenoxy) is 2. The van der Waals surface area contributed by atoms with Crippen LogP contribution in [-0.2, 0) is 14.3 Å². The Labute approximate surface area is 229 Å². The summed E-state index contributed by atoms with van der Waals surface area (Å²) in [6.45, 7) is 8.84. The second kappa shape index (κ2) is 13.9. The number of carbonyl (C=O) groups excluding carboxylic acids is 3. The van der Waals surface area contributed by atoms with Crippen molar-refractivity contribution >= 4 is 35.4 Å². The van der Waals surface area contributed by atoms with E-state index < -0.39 is 35.6 Å². The topological polar surface area (TPSA) is 117 Å². The number of hydrogen-bond donors (Lipinski definition) is 3. The number of nitrogens with one attached hydrogen (secondary N) is 2. The van der Waals surface area contributed by atoms with E-state index in [-0.39, 0.29) is 17.9 Å². The molecular weight excluding hydrogens is 506 g/mol. The molecule has 38 heavy (non-hydrogen) atoms.